The molecule has 0 fully saturated rings. The predicted octanol–water partition coefficient (Wildman–Crippen LogP) is 3.50. The summed E-state index contributed by atoms with van der Waals surface area (Å²) in [6.07, 6.45) is 0. The Bertz CT molecular complexity index is 298. The summed E-state index contributed by atoms with van der Waals surface area (Å²) < 4.78 is 5.50. The van der Waals surface area contributed by atoms with Crippen LogP contribution in [0, 0.1) is 0 Å². The molecule has 1 rings (SSSR count). The fraction of sp³-hybridized carbons (Fsp3) is 0.444. The highest BCUT2D eigenvalue weighted by Gasteiger charge is 2.26. The monoisotopic (exact) mass is 292 g/mol. The van der Waals surface area contributed by atoms with E-state index in [1.165, 1.54) is 11.3 Å². The van der Waals surface area contributed by atoms with E-state index >= 15 is 0 Å². The van der Waals surface area contributed by atoms with Crippen molar-refractivity contribution < 1.29 is 9.22 Å². The van der Waals surface area contributed by atoms with Crippen molar-refractivity contribution in [2.75, 3.05) is 5.33 Å². The van der Waals surface area contributed by atoms with E-state index in [1.54, 1.807) is 6.07 Å². The van der Waals surface area contributed by atoms with Gasteiger partial charge < -0.3 is 4.43 Å². The first kappa shape index (κ1) is 11.9. The Labute approximate surface area is 97.5 Å². The average molecular weight is 293 g/mol. The van der Waals surface area contributed by atoms with Crippen LogP contribution in [-0.2, 0) is 4.43 Å². The third-order valence-electron chi connectivity index (χ3n) is 1.79. The van der Waals surface area contributed by atoms with E-state index in [2.05, 4.69) is 29.0 Å². The van der Waals surface area contributed by atoms with Gasteiger partial charge in [0.05, 0.1) is 0 Å². The van der Waals surface area contributed by atoms with Gasteiger partial charge in [0.15, 0.2) is 0 Å². The maximum Gasteiger partial charge on any atom is 0.334 e. The lowest BCUT2D eigenvalue weighted by Gasteiger charge is -2.20. The summed E-state index contributed by atoms with van der Waals surface area (Å²) in [5.41, 5.74) is 0. The number of hydrogen-bond acceptors (Lipinski definition) is 3. The van der Waals surface area contributed by atoms with Crippen LogP contribution in [0.5, 0.6) is 0 Å². The molecule has 0 aliphatic heterocycles. The minimum Gasteiger partial charge on any atom is -0.516 e. The summed E-state index contributed by atoms with van der Waals surface area (Å²) in [7, 11) is -1.81. The molecule has 0 bridgehead atoms. The molecule has 0 atom stereocenters. The first-order valence-corrected chi connectivity index (χ1v) is 9.49. The van der Waals surface area contributed by atoms with Crippen molar-refractivity contribution >= 4 is 41.6 Å². The van der Waals surface area contributed by atoms with E-state index in [0.29, 0.717) is 4.88 Å². The molecule has 2 nitrogen and oxygen atoms in total. The zero-order valence-electron chi connectivity index (χ0n) is 8.25. The lowest BCUT2D eigenvalue weighted by Crippen LogP contribution is -2.33. The Balaban J connectivity index is 2.57. The van der Waals surface area contributed by atoms with Crippen LogP contribution < -0.4 is 0 Å². The fourth-order valence-corrected chi connectivity index (χ4v) is 5.68. The predicted molar refractivity (Wildman–Crippen MR) is 65.8 cm³/mol. The number of carbonyl (C=O) groups is 1. The number of halogens is 1. The van der Waals surface area contributed by atoms with E-state index in [9.17, 15) is 4.79 Å². The van der Waals surface area contributed by atoms with Crippen LogP contribution >= 0.6 is 27.3 Å². The van der Waals surface area contributed by atoms with Gasteiger partial charge in [0, 0.05) is 5.33 Å². The van der Waals surface area contributed by atoms with Crippen LogP contribution in [0.3, 0.4) is 0 Å². The minimum absolute atomic E-state index is 0.169. The quantitative estimate of drug-likeness (QED) is 0.627. The second kappa shape index (κ2) is 5.09. The van der Waals surface area contributed by atoms with E-state index in [0.717, 1.165) is 11.4 Å². The van der Waals surface area contributed by atoms with Gasteiger partial charge in [-0.25, -0.2) is 4.79 Å². The maximum atomic E-state index is 11.6. The number of alkyl halides is 1. The van der Waals surface area contributed by atoms with Crippen molar-refractivity contribution in [2.24, 2.45) is 0 Å². The highest BCUT2D eigenvalue weighted by molar-refractivity contribution is 9.09. The van der Waals surface area contributed by atoms with Gasteiger partial charge in [0.25, 0.3) is 0 Å². The van der Waals surface area contributed by atoms with Crippen molar-refractivity contribution in [3.63, 3.8) is 0 Å². The smallest absolute Gasteiger partial charge is 0.334 e. The average Bonchev–Trinajstić information content (AvgIpc) is 2.53. The van der Waals surface area contributed by atoms with Crippen molar-refractivity contribution in [2.45, 2.75) is 19.1 Å². The van der Waals surface area contributed by atoms with Gasteiger partial charge in [-0.2, -0.15) is 0 Å². The van der Waals surface area contributed by atoms with Crippen LogP contribution in [0.2, 0.25) is 19.1 Å². The lowest BCUT2D eigenvalue weighted by molar-refractivity contribution is 0.0727. The Kier molecular flexibility index (Phi) is 4.34. The SMILES string of the molecule is C[Si](C)(CCBr)OC(=O)c1cccs1. The molecule has 0 aliphatic carbocycles. The molecule has 0 N–H and O–H groups in total. The molecule has 1 aromatic rings. The van der Waals surface area contributed by atoms with Crippen molar-refractivity contribution in [3.8, 4) is 0 Å². The van der Waals surface area contributed by atoms with E-state index in [4.69, 9.17) is 4.43 Å². The van der Waals surface area contributed by atoms with Crippen molar-refractivity contribution in [3.05, 3.63) is 22.4 Å². The Morgan fingerprint density at radius 3 is 2.86 bits per heavy atom. The zero-order valence-corrected chi connectivity index (χ0v) is 11.7. The third kappa shape index (κ3) is 3.55. The fourth-order valence-electron chi connectivity index (χ4n) is 0.975. The topological polar surface area (TPSA) is 26.3 Å². The number of rotatable bonds is 4. The molecule has 0 aromatic carbocycles. The molecule has 0 aliphatic rings. The highest BCUT2D eigenvalue weighted by Crippen LogP contribution is 2.17. The van der Waals surface area contributed by atoms with Gasteiger partial charge >= 0.3 is 5.97 Å². The van der Waals surface area contributed by atoms with Gasteiger partial charge in [0.2, 0.25) is 8.32 Å². The molecule has 0 saturated carbocycles. The molecule has 0 radical (unpaired) electrons. The van der Waals surface area contributed by atoms with Gasteiger partial charge in [0.1, 0.15) is 4.88 Å². The second-order valence-corrected chi connectivity index (χ2v) is 9.53. The van der Waals surface area contributed by atoms with Crippen LogP contribution in [-0.4, -0.2) is 19.6 Å². The number of carbonyl (C=O) groups excluding carboxylic acids is 1. The molecule has 1 heterocycles. The molecule has 5 heteroatoms. The molecule has 14 heavy (non-hydrogen) atoms. The first-order chi connectivity index (χ1) is 6.55. The van der Waals surface area contributed by atoms with Gasteiger partial charge in [-0.3, -0.25) is 0 Å². The van der Waals surface area contributed by atoms with Gasteiger partial charge in [-0.15, -0.1) is 11.3 Å². The lowest BCUT2D eigenvalue weighted by atomic mass is 10.5. The summed E-state index contributed by atoms with van der Waals surface area (Å²) >= 11 is 4.80. The Morgan fingerprint density at radius 1 is 1.64 bits per heavy atom. The third-order valence-corrected chi connectivity index (χ3v) is 5.96. The van der Waals surface area contributed by atoms with E-state index in [-0.39, 0.29) is 5.97 Å². The molecule has 0 unspecified atom stereocenters. The zero-order chi connectivity index (χ0) is 10.6. The standard InChI is InChI=1S/C9H13BrO2SSi/c1-14(2,7-5-10)12-9(11)8-4-3-6-13-8/h3-4,6H,5,7H2,1-2H3. The van der Waals surface area contributed by atoms with Crippen molar-refractivity contribution in [1.29, 1.82) is 0 Å². The molecular weight excluding hydrogens is 280 g/mol. The Hall–Kier alpha value is -0.133. The summed E-state index contributed by atoms with van der Waals surface area (Å²) in [5, 5.41) is 2.78. The summed E-state index contributed by atoms with van der Waals surface area (Å²) in [6.45, 7) is 4.11. The molecule has 78 valence electrons. The van der Waals surface area contributed by atoms with Crippen LogP contribution in [0.1, 0.15) is 9.67 Å². The molecular formula is C9H13BrO2SSi. The molecule has 0 spiro atoms. The summed E-state index contributed by atoms with van der Waals surface area (Å²) in [5.74, 6) is -0.169. The van der Waals surface area contributed by atoms with E-state index in [1.807, 2.05) is 11.4 Å². The molecule has 0 saturated heterocycles. The minimum atomic E-state index is -1.81. The Morgan fingerprint density at radius 2 is 2.36 bits per heavy atom. The number of hydrogen-bond donors (Lipinski definition) is 0. The number of thiophene rings is 1. The summed E-state index contributed by atoms with van der Waals surface area (Å²) in [6, 6.07) is 4.61. The van der Waals surface area contributed by atoms with Crippen LogP contribution in [0.4, 0.5) is 0 Å². The maximum absolute atomic E-state index is 11.6. The van der Waals surface area contributed by atoms with E-state index < -0.39 is 8.32 Å². The van der Waals surface area contributed by atoms with Crippen LogP contribution in [0.15, 0.2) is 17.5 Å². The highest BCUT2D eigenvalue weighted by atomic mass is 79.9. The van der Waals surface area contributed by atoms with Gasteiger partial charge in [-0.05, 0) is 30.6 Å². The first-order valence-electron chi connectivity index (χ1n) is 4.38. The second-order valence-electron chi connectivity index (χ2n) is 3.57. The van der Waals surface area contributed by atoms with Gasteiger partial charge in [-0.1, -0.05) is 22.0 Å². The normalized spacial score (nSPS) is 11.4. The van der Waals surface area contributed by atoms with Crippen LogP contribution in [0.25, 0.3) is 0 Å². The van der Waals surface area contributed by atoms with Crippen molar-refractivity contribution in [1.82, 2.24) is 0 Å². The largest absolute Gasteiger partial charge is 0.516 e. The summed E-state index contributed by atoms with van der Waals surface area (Å²) in [4.78, 5) is 12.3. The molecule has 1 aromatic heterocycles. The molecule has 0 amide bonds.